The summed E-state index contributed by atoms with van der Waals surface area (Å²) in [5.41, 5.74) is 1.69. The van der Waals surface area contributed by atoms with Crippen molar-refractivity contribution in [2.45, 2.75) is 19.6 Å². The van der Waals surface area contributed by atoms with Crippen LogP contribution in [0.1, 0.15) is 6.92 Å². The number of halogens is 4. The number of aromatic nitrogens is 4. The SMILES string of the molecule is CC#CCn1c(=O)n(-c2ccccc2)c2nc(Cl)nc(N3CCNCC3)c21.O=C(O)C(F)(F)F. The van der Waals surface area contributed by atoms with Crippen molar-refractivity contribution in [3.05, 3.63) is 46.1 Å². The molecular formula is C21H20ClF3N6O3. The van der Waals surface area contributed by atoms with E-state index < -0.39 is 12.1 Å². The fourth-order valence-electron chi connectivity index (χ4n) is 3.32. The summed E-state index contributed by atoms with van der Waals surface area (Å²) < 4.78 is 34.9. The van der Waals surface area contributed by atoms with Gasteiger partial charge in [-0.15, -0.1) is 5.92 Å². The molecule has 1 aromatic carbocycles. The van der Waals surface area contributed by atoms with Crippen LogP contribution in [0.15, 0.2) is 35.1 Å². The number of carboxylic acids is 1. The Labute approximate surface area is 196 Å². The smallest absolute Gasteiger partial charge is 0.475 e. The number of fused-ring (bicyclic) bond motifs is 1. The Kier molecular flexibility index (Phi) is 7.80. The van der Waals surface area contributed by atoms with Crippen molar-refractivity contribution in [1.29, 1.82) is 0 Å². The van der Waals surface area contributed by atoms with Gasteiger partial charge < -0.3 is 15.3 Å². The average Bonchev–Trinajstić information content (AvgIpc) is 3.08. The summed E-state index contributed by atoms with van der Waals surface area (Å²) in [6, 6.07) is 9.42. The number of nitrogens with zero attached hydrogens (tertiary/aromatic N) is 5. The minimum absolute atomic E-state index is 0.124. The molecule has 4 rings (SSSR count). The number of rotatable bonds is 3. The molecule has 3 heterocycles. The normalized spacial score (nSPS) is 13.6. The van der Waals surface area contributed by atoms with E-state index >= 15 is 0 Å². The van der Waals surface area contributed by atoms with Gasteiger partial charge in [0.25, 0.3) is 0 Å². The summed E-state index contributed by atoms with van der Waals surface area (Å²) >= 11 is 6.25. The molecule has 0 unspecified atom stereocenters. The molecule has 2 N–H and O–H groups in total. The highest BCUT2D eigenvalue weighted by atomic mass is 35.5. The second kappa shape index (κ2) is 10.6. The number of imidazole rings is 1. The summed E-state index contributed by atoms with van der Waals surface area (Å²) in [5.74, 6) is 3.77. The van der Waals surface area contributed by atoms with Gasteiger partial charge in [0.05, 0.1) is 12.2 Å². The molecule has 0 bridgehead atoms. The van der Waals surface area contributed by atoms with E-state index in [1.807, 2.05) is 30.3 Å². The zero-order valence-corrected chi connectivity index (χ0v) is 18.7. The number of carbonyl (C=O) groups is 1. The van der Waals surface area contributed by atoms with Crippen LogP contribution in [0.25, 0.3) is 16.9 Å². The van der Waals surface area contributed by atoms with E-state index in [9.17, 15) is 18.0 Å². The highest BCUT2D eigenvalue weighted by Gasteiger charge is 2.38. The molecule has 1 fully saturated rings. The molecule has 0 spiro atoms. The largest absolute Gasteiger partial charge is 0.490 e. The number of para-hydroxylation sites is 1. The lowest BCUT2D eigenvalue weighted by Crippen LogP contribution is -2.44. The molecule has 0 aliphatic carbocycles. The highest BCUT2D eigenvalue weighted by molar-refractivity contribution is 6.28. The Morgan fingerprint density at radius 2 is 1.82 bits per heavy atom. The van der Waals surface area contributed by atoms with E-state index in [2.05, 4.69) is 32.0 Å². The van der Waals surface area contributed by atoms with Gasteiger partial charge in [0.15, 0.2) is 11.5 Å². The fraction of sp³-hybridized carbons (Fsp3) is 0.333. The zero-order chi connectivity index (χ0) is 24.9. The van der Waals surface area contributed by atoms with Crippen LogP contribution in [0.4, 0.5) is 19.0 Å². The first-order valence-electron chi connectivity index (χ1n) is 10.0. The highest BCUT2D eigenvalue weighted by Crippen LogP contribution is 2.27. The fourth-order valence-corrected chi connectivity index (χ4v) is 3.48. The van der Waals surface area contributed by atoms with Crippen LogP contribution in [0.3, 0.4) is 0 Å². The number of piperazine rings is 1. The zero-order valence-electron chi connectivity index (χ0n) is 17.9. The minimum Gasteiger partial charge on any atom is -0.475 e. The van der Waals surface area contributed by atoms with Gasteiger partial charge in [-0.05, 0) is 30.7 Å². The summed E-state index contributed by atoms with van der Waals surface area (Å²) in [7, 11) is 0. The van der Waals surface area contributed by atoms with Crippen molar-refractivity contribution in [3.8, 4) is 17.5 Å². The Bertz CT molecular complexity index is 1290. The Morgan fingerprint density at radius 3 is 2.38 bits per heavy atom. The molecule has 13 heteroatoms. The molecule has 1 saturated heterocycles. The van der Waals surface area contributed by atoms with Gasteiger partial charge in [-0.2, -0.15) is 23.1 Å². The van der Waals surface area contributed by atoms with Crippen LogP contribution in [-0.4, -0.2) is 62.5 Å². The van der Waals surface area contributed by atoms with Crippen molar-refractivity contribution in [1.82, 2.24) is 24.4 Å². The van der Waals surface area contributed by atoms with Gasteiger partial charge in [-0.3, -0.25) is 4.57 Å². The van der Waals surface area contributed by atoms with E-state index in [-0.39, 0.29) is 17.5 Å². The van der Waals surface area contributed by atoms with Crippen molar-refractivity contribution in [2.75, 3.05) is 31.1 Å². The summed E-state index contributed by atoms with van der Waals surface area (Å²) in [5, 5.41) is 10.6. The number of aliphatic carboxylic acids is 1. The van der Waals surface area contributed by atoms with Gasteiger partial charge in [0, 0.05) is 26.2 Å². The number of benzene rings is 1. The van der Waals surface area contributed by atoms with Gasteiger partial charge >= 0.3 is 17.8 Å². The van der Waals surface area contributed by atoms with Crippen LogP contribution >= 0.6 is 11.6 Å². The average molecular weight is 497 g/mol. The molecule has 0 amide bonds. The lowest BCUT2D eigenvalue weighted by Gasteiger charge is -2.28. The molecule has 34 heavy (non-hydrogen) atoms. The second-order valence-corrected chi connectivity index (χ2v) is 7.33. The molecule has 0 saturated carbocycles. The molecule has 0 atom stereocenters. The maximum Gasteiger partial charge on any atom is 0.490 e. The maximum atomic E-state index is 13.3. The molecule has 2 aromatic heterocycles. The van der Waals surface area contributed by atoms with Crippen LogP contribution in [0.2, 0.25) is 5.28 Å². The Morgan fingerprint density at radius 1 is 1.21 bits per heavy atom. The number of nitrogens with one attached hydrogen (secondary N) is 1. The molecule has 9 nitrogen and oxygen atoms in total. The monoisotopic (exact) mass is 496 g/mol. The first kappa shape index (κ1) is 25.1. The lowest BCUT2D eigenvalue weighted by molar-refractivity contribution is -0.192. The number of hydrogen-bond donors (Lipinski definition) is 2. The number of hydrogen-bond acceptors (Lipinski definition) is 6. The molecule has 1 aliphatic rings. The van der Waals surface area contributed by atoms with Gasteiger partial charge in [0.1, 0.15) is 5.52 Å². The topological polar surface area (TPSA) is 105 Å². The second-order valence-electron chi connectivity index (χ2n) is 6.99. The third kappa shape index (κ3) is 5.49. The predicted octanol–water partition coefficient (Wildman–Crippen LogP) is 2.30. The lowest BCUT2D eigenvalue weighted by atomic mass is 10.3. The number of alkyl halides is 3. The standard InChI is InChI=1S/C19H19ClN6O.C2HF3O2/c1-2-3-11-25-15-16(24-12-9-21-10-13-24)22-18(20)23-17(15)26(19(25)27)14-7-5-4-6-8-14;3-2(4,5)1(6)7/h4-8,21H,9-13H2,1H3;(H,6,7). The van der Waals surface area contributed by atoms with E-state index in [0.717, 1.165) is 31.9 Å². The van der Waals surface area contributed by atoms with E-state index in [1.165, 1.54) is 0 Å². The van der Waals surface area contributed by atoms with Gasteiger partial charge in [0.2, 0.25) is 5.28 Å². The van der Waals surface area contributed by atoms with Crippen LogP contribution in [-0.2, 0) is 11.3 Å². The van der Waals surface area contributed by atoms with E-state index in [0.29, 0.717) is 17.0 Å². The van der Waals surface area contributed by atoms with Crippen LogP contribution < -0.4 is 15.9 Å². The van der Waals surface area contributed by atoms with Gasteiger partial charge in [-0.1, -0.05) is 24.1 Å². The Hall–Kier alpha value is -3.56. The summed E-state index contributed by atoms with van der Waals surface area (Å²) in [6.45, 7) is 5.30. The van der Waals surface area contributed by atoms with Gasteiger partial charge in [-0.25, -0.2) is 14.2 Å². The van der Waals surface area contributed by atoms with Crippen molar-refractivity contribution in [3.63, 3.8) is 0 Å². The third-order valence-corrected chi connectivity index (χ3v) is 4.98. The molecule has 180 valence electrons. The first-order chi connectivity index (χ1) is 16.1. The number of carboxylic acid groups (broad SMARTS) is 1. The molecule has 1 aliphatic heterocycles. The van der Waals surface area contributed by atoms with Crippen LogP contribution in [0.5, 0.6) is 0 Å². The van der Waals surface area contributed by atoms with E-state index in [4.69, 9.17) is 21.5 Å². The quantitative estimate of drug-likeness (QED) is 0.423. The third-order valence-electron chi connectivity index (χ3n) is 4.81. The summed E-state index contributed by atoms with van der Waals surface area (Å²) in [4.78, 5) is 33.2. The maximum absolute atomic E-state index is 13.3. The first-order valence-corrected chi connectivity index (χ1v) is 10.4. The Balaban J connectivity index is 0.000000406. The molecular weight excluding hydrogens is 477 g/mol. The van der Waals surface area contributed by atoms with Crippen molar-refractivity contribution in [2.24, 2.45) is 0 Å². The van der Waals surface area contributed by atoms with Crippen LogP contribution in [0, 0.1) is 11.8 Å². The van der Waals surface area contributed by atoms with E-state index in [1.54, 1.807) is 16.1 Å². The molecule has 0 radical (unpaired) electrons. The number of anilines is 1. The van der Waals surface area contributed by atoms with Crippen molar-refractivity contribution >= 4 is 34.6 Å². The summed E-state index contributed by atoms with van der Waals surface area (Å²) in [6.07, 6.45) is -5.08. The molecule has 3 aromatic rings. The predicted molar refractivity (Wildman–Crippen MR) is 120 cm³/mol. The minimum atomic E-state index is -5.08. The van der Waals surface area contributed by atoms with Crippen molar-refractivity contribution < 1.29 is 23.1 Å².